The van der Waals surface area contributed by atoms with Crippen LogP contribution in [-0.2, 0) is 11.3 Å². The molecule has 0 aliphatic carbocycles. The highest BCUT2D eigenvalue weighted by molar-refractivity contribution is 5.78. The van der Waals surface area contributed by atoms with E-state index in [9.17, 15) is 9.18 Å². The van der Waals surface area contributed by atoms with Crippen molar-refractivity contribution < 1.29 is 13.9 Å². The fourth-order valence-corrected chi connectivity index (χ4v) is 2.66. The third-order valence-electron chi connectivity index (χ3n) is 3.47. The minimum absolute atomic E-state index is 0.0847. The molecule has 0 aromatic heterocycles. The van der Waals surface area contributed by atoms with Crippen LogP contribution < -0.4 is 4.74 Å². The lowest BCUT2D eigenvalue weighted by Crippen LogP contribution is -2.46. The molecule has 0 aliphatic rings. The zero-order chi connectivity index (χ0) is 16.9. The van der Waals surface area contributed by atoms with Crippen molar-refractivity contribution in [1.29, 1.82) is 0 Å². The number of halogens is 1. The van der Waals surface area contributed by atoms with Gasteiger partial charge in [-0.05, 0) is 52.4 Å². The van der Waals surface area contributed by atoms with Gasteiger partial charge in [-0.15, -0.1) is 0 Å². The molecule has 1 amide bonds. The topological polar surface area (TPSA) is 32.8 Å². The SMILES string of the molecule is COc1ccc(CN(C)CC(=O)N(C(C)C)C(C)C)cc1F. The standard InChI is InChI=1S/C17H27FN2O2/c1-12(2)20(13(3)4)17(21)11-19(5)10-14-7-8-16(22-6)15(18)9-14/h7-9,12-13H,10-11H2,1-6H3. The third kappa shape index (κ3) is 4.98. The van der Waals surface area contributed by atoms with Gasteiger partial charge in [-0.1, -0.05) is 6.07 Å². The van der Waals surface area contributed by atoms with Crippen LogP contribution >= 0.6 is 0 Å². The van der Waals surface area contributed by atoms with E-state index in [1.165, 1.54) is 13.2 Å². The molecule has 0 fully saturated rings. The molecule has 1 rings (SSSR count). The van der Waals surface area contributed by atoms with Crippen LogP contribution in [0.2, 0.25) is 0 Å². The number of rotatable bonds is 7. The largest absolute Gasteiger partial charge is 0.494 e. The highest BCUT2D eigenvalue weighted by Gasteiger charge is 2.21. The number of benzene rings is 1. The van der Waals surface area contributed by atoms with Gasteiger partial charge >= 0.3 is 0 Å². The van der Waals surface area contributed by atoms with Gasteiger partial charge in [-0.3, -0.25) is 9.69 Å². The van der Waals surface area contributed by atoms with Crippen LogP contribution in [0.3, 0.4) is 0 Å². The van der Waals surface area contributed by atoms with E-state index in [0.29, 0.717) is 13.1 Å². The predicted octanol–water partition coefficient (Wildman–Crippen LogP) is 2.91. The number of methoxy groups -OCH3 is 1. The number of carbonyl (C=O) groups excluding carboxylic acids is 1. The molecule has 0 N–H and O–H groups in total. The normalized spacial score (nSPS) is 11.4. The fourth-order valence-electron chi connectivity index (χ4n) is 2.66. The number of carbonyl (C=O) groups is 1. The summed E-state index contributed by atoms with van der Waals surface area (Å²) in [5.41, 5.74) is 0.814. The minimum atomic E-state index is -0.384. The van der Waals surface area contributed by atoms with E-state index < -0.39 is 0 Å². The maximum atomic E-state index is 13.7. The first-order valence-corrected chi connectivity index (χ1v) is 7.58. The van der Waals surface area contributed by atoms with Gasteiger partial charge in [0.2, 0.25) is 5.91 Å². The van der Waals surface area contributed by atoms with Gasteiger partial charge in [0, 0.05) is 18.6 Å². The summed E-state index contributed by atoms with van der Waals surface area (Å²) in [5.74, 6) is -0.0690. The smallest absolute Gasteiger partial charge is 0.237 e. The van der Waals surface area contributed by atoms with Crippen molar-refractivity contribution in [3.8, 4) is 5.75 Å². The van der Waals surface area contributed by atoms with Crippen LogP contribution in [0.1, 0.15) is 33.3 Å². The molecule has 0 bridgehead atoms. The Morgan fingerprint density at radius 1 is 1.23 bits per heavy atom. The molecule has 0 radical (unpaired) electrons. The summed E-state index contributed by atoms with van der Waals surface area (Å²) in [7, 11) is 3.30. The van der Waals surface area contributed by atoms with Crippen LogP contribution in [0.15, 0.2) is 18.2 Å². The molecule has 4 nitrogen and oxygen atoms in total. The molecule has 0 aliphatic heterocycles. The number of amides is 1. The third-order valence-corrected chi connectivity index (χ3v) is 3.47. The average Bonchev–Trinajstić information content (AvgIpc) is 2.37. The van der Waals surface area contributed by atoms with Crippen LogP contribution in [0.25, 0.3) is 0 Å². The number of nitrogens with zero attached hydrogens (tertiary/aromatic N) is 2. The van der Waals surface area contributed by atoms with Gasteiger partial charge in [0.15, 0.2) is 11.6 Å². The number of hydrogen-bond acceptors (Lipinski definition) is 3. The number of hydrogen-bond donors (Lipinski definition) is 0. The zero-order valence-corrected chi connectivity index (χ0v) is 14.4. The van der Waals surface area contributed by atoms with E-state index in [0.717, 1.165) is 5.56 Å². The number of likely N-dealkylation sites (N-methyl/N-ethyl adjacent to an activating group) is 1. The molecule has 0 heterocycles. The summed E-state index contributed by atoms with van der Waals surface area (Å²) >= 11 is 0. The molecule has 124 valence electrons. The van der Waals surface area contributed by atoms with Crippen molar-refractivity contribution in [2.24, 2.45) is 0 Å². The van der Waals surface area contributed by atoms with E-state index >= 15 is 0 Å². The highest BCUT2D eigenvalue weighted by atomic mass is 19.1. The Kier molecular flexibility index (Phi) is 6.81. The molecule has 0 atom stereocenters. The van der Waals surface area contributed by atoms with Crippen molar-refractivity contribution in [2.75, 3.05) is 20.7 Å². The molecule has 1 aromatic rings. The van der Waals surface area contributed by atoms with Crippen LogP contribution in [-0.4, -0.2) is 48.5 Å². The Bertz CT molecular complexity index is 495. The van der Waals surface area contributed by atoms with Crippen molar-refractivity contribution in [1.82, 2.24) is 9.80 Å². The average molecular weight is 310 g/mol. The lowest BCUT2D eigenvalue weighted by Gasteiger charge is -2.32. The van der Waals surface area contributed by atoms with Gasteiger partial charge in [0.25, 0.3) is 0 Å². The molecule has 0 saturated carbocycles. The Morgan fingerprint density at radius 3 is 2.27 bits per heavy atom. The van der Waals surface area contributed by atoms with Crippen LogP contribution in [0.5, 0.6) is 5.75 Å². The van der Waals surface area contributed by atoms with E-state index in [-0.39, 0.29) is 29.6 Å². The molecule has 0 saturated heterocycles. The second-order valence-electron chi connectivity index (χ2n) is 6.13. The van der Waals surface area contributed by atoms with E-state index in [2.05, 4.69) is 0 Å². The van der Waals surface area contributed by atoms with E-state index in [1.54, 1.807) is 6.07 Å². The second-order valence-corrected chi connectivity index (χ2v) is 6.13. The Labute approximate surface area is 132 Å². The Hall–Kier alpha value is -1.62. The molecule has 0 unspecified atom stereocenters. The summed E-state index contributed by atoms with van der Waals surface area (Å²) in [6.07, 6.45) is 0. The summed E-state index contributed by atoms with van der Waals surface area (Å²) < 4.78 is 18.6. The van der Waals surface area contributed by atoms with Gasteiger partial charge in [0.05, 0.1) is 13.7 Å². The zero-order valence-electron chi connectivity index (χ0n) is 14.4. The van der Waals surface area contributed by atoms with Gasteiger partial charge in [-0.25, -0.2) is 4.39 Å². The molecular weight excluding hydrogens is 283 g/mol. The van der Waals surface area contributed by atoms with Gasteiger partial charge < -0.3 is 9.64 Å². The van der Waals surface area contributed by atoms with E-state index in [1.807, 2.05) is 50.6 Å². The maximum absolute atomic E-state index is 13.7. The minimum Gasteiger partial charge on any atom is -0.494 e. The lowest BCUT2D eigenvalue weighted by molar-refractivity contribution is -0.135. The first-order chi connectivity index (χ1) is 10.3. The molecule has 0 spiro atoms. The van der Waals surface area contributed by atoms with Crippen LogP contribution in [0, 0.1) is 5.82 Å². The maximum Gasteiger partial charge on any atom is 0.237 e. The lowest BCUT2D eigenvalue weighted by atomic mass is 10.2. The first kappa shape index (κ1) is 18.4. The van der Waals surface area contributed by atoms with Gasteiger partial charge in [0.1, 0.15) is 0 Å². The van der Waals surface area contributed by atoms with Crippen molar-refractivity contribution >= 4 is 5.91 Å². The quantitative estimate of drug-likeness (QED) is 0.776. The fraction of sp³-hybridized carbons (Fsp3) is 0.588. The van der Waals surface area contributed by atoms with Crippen molar-refractivity contribution in [3.05, 3.63) is 29.6 Å². The predicted molar refractivity (Wildman–Crippen MR) is 86.4 cm³/mol. The van der Waals surface area contributed by atoms with Crippen molar-refractivity contribution in [2.45, 2.75) is 46.3 Å². The number of ether oxygens (including phenoxy) is 1. The van der Waals surface area contributed by atoms with Gasteiger partial charge in [-0.2, -0.15) is 0 Å². The summed E-state index contributed by atoms with van der Waals surface area (Å²) in [6, 6.07) is 5.20. The summed E-state index contributed by atoms with van der Waals surface area (Å²) in [4.78, 5) is 16.1. The highest BCUT2D eigenvalue weighted by Crippen LogP contribution is 2.18. The molecule has 5 heteroatoms. The summed E-state index contributed by atoms with van der Waals surface area (Å²) in [6.45, 7) is 8.86. The summed E-state index contributed by atoms with van der Waals surface area (Å²) in [5, 5.41) is 0. The molecule has 1 aromatic carbocycles. The molecule has 22 heavy (non-hydrogen) atoms. The van der Waals surface area contributed by atoms with Crippen molar-refractivity contribution in [3.63, 3.8) is 0 Å². The Morgan fingerprint density at radius 2 is 1.82 bits per heavy atom. The first-order valence-electron chi connectivity index (χ1n) is 7.58. The second kappa shape index (κ2) is 8.13. The molecular formula is C17H27FN2O2. The monoisotopic (exact) mass is 310 g/mol. The Balaban J connectivity index is 2.67. The van der Waals surface area contributed by atoms with Crippen LogP contribution in [0.4, 0.5) is 4.39 Å². The van der Waals surface area contributed by atoms with E-state index in [4.69, 9.17) is 4.74 Å².